The zero-order valence-corrected chi connectivity index (χ0v) is 22.3. The van der Waals surface area contributed by atoms with Crippen molar-refractivity contribution in [2.75, 3.05) is 0 Å². The molecular formula is C37H21BN2O. The third-order valence-electron chi connectivity index (χ3n) is 9.72. The van der Waals surface area contributed by atoms with Crippen molar-refractivity contribution in [3.63, 3.8) is 0 Å². The minimum atomic E-state index is 0.0528. The molecule has 4 heteroatoms. The SMILES string of the molecule is Cc1ccc2c(c1)c1cccc3c1n2-c1c2c(cc4oc5ccccc5c14)-c1cccc4c5ccccc5n(c14)B23. The molecule has 188 valence electrons. The van der Waals surface area contributed by atoms with Crippen LogP contribution < -0.4 is 10.9 Å². The molecule has 2 aliphatic rings. The molecule has 0 radical (unpaired) electrons. The second-order valence-electron chi connectivity index (χ2n) is 11.7. The van der Waals surface area contributed by atoms with E-state index in [1.165, 1.54) is 87.7 Å². The Balaban J connectivity index is 1.49. The molecule has 0 saturated heterocycles. The molecular weight excluding hydrogens is 499 g/mol. The Hall–Kier alpha value is -5.22. The fourth-order valence-electron chi connectivity index (χ4n) is 8.24. The molecule has 5 heterocycles. The van der Waals surface area contributed by atoms with Gasteiger partial charge in [-0.25, -0.2) is 0 Å². The number of rotatable bonds is 0. The van der Waals surface area contributed by atoms with Gasteiger partial charge in [0.2, 0.25) is 0 Å². The van der Waals surface area contributed by atoms with Gasteiger partial charge >= 0.3 is 6.85 Å². The van der Waals surface area contributed by atoms with Gasteiger partial charge in [0.15, 0.2) is 0 Å². The van der Waals surface area contributed by atoms with Gasteiger partial charge in [0.25, 0.3) is 0 Å². The Morgan fingerprint density at radius 1 is 0.585 bits per heavy atom. The van der Waals surface area contributed by atoms with E-state index in [4.69, 9.17) is 4.42 Å². The van der Waals surface area contributed by atoms with E-state index in [-0.39, 0.29) is 6.85 Å². The zero-order valence-electron chi connectivity index (χ0n) is 22.3. The number of benzene rings is 6. The van der Waals surface area contributed by atoms with E-state index >= 15 is 0 Å². The average molecular weight is 520 g/mol. The van der Waals surface area contributed by atoms with Crippen molar-refractivity contribution in [1.82, 2.24) is 9.05 Å². The third-order valence-corrected chi connectivity index (χ3v) is 9.72. The molecule has 0 amide bonds. The van der Waals surface area contributed by atoms with E-state index in [9.17, 15) is 0 Å². The van der Waals surface area contributed by atoms with Gasteiger partial charge in [-0.05, 0) is 53.7 Å². The van der Waals surface area contributed by atoms with Gasteiger partial charge in [0.1, 0.15) is 11.2 Å². The zero-order chi connectivity index (χ0) is 26.6. The molecule has 41 heavy (non-hydrogen) atoms. The first-order chi connectivity index (χ1) is 20.3. The lowest BCUT2D eigenvalue weighted by molar-refractivity contribution is 0.669. The van der Waals surface area contributed by atoms with Crippen LogP contribution in [0.4, 0.5) is 0 Å². The summed E-state index contributed by atoms with van der Waals surface area (Å²) in [6.45, 7) is 2.24. The minimum absolute atomic E-state index is 0.0528. The van der Waals surface area contributed by atoms with Crippen LogP contribution in [0.3, 0.4) is 0 Å². The minimum Gasteiger partial charge on any atom is -0.456 e. The summed E-state index contributed by atoms with van der Waals surface area (Å²) >= 11 is 0. The van der Waals surface area contributed by atoms with Crippen LogP contribution in [-0.4, -0.2) is 15.9 Å². The van der Waals surface area contributed by atoms with E-state index < -0.39 is 0 Å². The Morgan fingerprint density at radius 3 is 2.29 bits per heavy atom. The van der Waals surface area contributed by atoms with Crippen molar-refractivity contribution in [3.8, 4) is 16.8 Å². The third kappa shape index (κ3) is 2.22. The summed E-state index contributed by atoms with van der Waals surface area (Å²) in [4.78, 5) is 0. The quantitative estimate of drug-likeness (QED) is 0.186. The van der Waals surface area contributed by atoms with Crippen molar-refractivity contribution >= 4 is 83.3 Å². The Morgan fingerprint density at radius 2 is 1.37 bits per heavy atom. The Labute approximate surface area is 234 Å². The second kappa shape index (κ2) is 6.73. The van der Waals surface area contributed by atoms with Gasteiger partial charge in [-0.15, -0.1) is 0 Å². The number of hydrogen-bond donors (Lipinski definition) is 0. The lowest BCUT2D eigenvalue weighted by atomic mass is 9.45. The van der Waals surface area contributed by atoms with Crippen LogP contribution in [0.25, 0.3) is 82.4 Å². The second-order valence-corrected chi connectivity index (χ2v) is 11.7. The number of aromatic nitrogens is 2. The maximum Gasteiger partial charge on any atom is 0.333 e. The number of furan rings is 1. The summed E-state index contributed by atoms with van der Waals surface area (Å²) in [6, 6.07) is 40.3. The van der Waals surface area contributed by atoms with Gasteiger partial charge in [-0.3, -0.25) is 0 Å². The molecule has 0 saturated carbocycles. The van der Waals surface area contributed by atoms with Crippen molar-refractivity contribution in [3.05, 3.63) is 115 Å². The molecule has 6 aromatic carbocycles. The molecule has 11 rings (SSSR count). The molecule has 0 unspecified atom stereocenters. The van der Waals surface area contributed by atoms with Gasteiger partial charge < -0.3 is 13.5 Å². The van der Waals surface area contributed by atoms with Crippen LogP contribution >= 0.6 is 0 Å². The predicted molar refractivity (Wildman–Crippen MR) is 172 cm³/mol. The average Bonchev–Trinajstić information content (AvgIpc) is 3.66. The topological polar surface area (TPSA) is 23.0 Å². The summed E-state index contributed by atoms with van der Waals surface area (Å²) < 4.78 is 11.8. The first kappa shape index (κ1) is 20.7. The van der Waals surface area contributed by atoms with E-state index in [2.05, 4.69) is 125 Å². The number of fused-ring (bicyclic) bond motifs is 14. The maximum atomic E-state index is 6.63. The van der Waals surface area contributed by atoms with Crippen molar-refractivity contribution < 1.29 is 4.42 Å². The van der Waals surface area contributed by atoms with Crippen molar-refractivity contribution in [1.29, 1.82) is 0 Å². The van der Waals surface area contributed by atoms with Crippen LogP contribution in [0.5, 0.6) is 0 Å². The predicted octanol–water partition coefficient (Wildman–Crippen LogP) is 8.05. The van der Waals surface area contributed by atoms with Crippen LogP contribution in [0, 0.1) is 6.92 Å². The molecule has 0 N–H and O–H groups in total. The van der Waals surface area contributed by atoms with Gasteiger partial charge in [-0.1, -0.05) is 84.4 Å². The summed E-state index contributed by atoms with van der Waals surface area (Å²) in [7, 11) is 0. The van der Waals surface area contributed by atoms with E-state index in [1.54, 1.807) is 0 Å². The van der Waals surface area contributed by atoms with Gasteiger partial charge in [0, 0.05) is 43.5 Å². The largest absolute Gasteiger partial charge is 0.456 e. The molecule has 3 aromatic heterocycles. The highest BCUT2D eigenvalue weighted by atomic mass is 16.3. The monoisotopic (exact) mass is 520 g/mol. The lowest BCUT2D eigenvalue weighted by Gasteiger charge is -2.34. The molecule has 2 aliphatic heterocycles. The fraction of sp³-hybridized carbons (Fsp3) is 0.0270. The van der Waals surface area contributed by atoms with Crippen molar-refractivity contribution in [2.24, 2.45) is 0 Å². The lowest BCUT2D eigenvalue weighted by Crippen LogP contribution is -2.55. The number of hydrogen-bond acceptors (Lipinski definition) is 1. The smallest absolute Gasteiger partial charge is 0.333 e. The van der Waals surface area contributed by atoms with E-state index in [0.29, 0.717) is 0 Å². The van der Waals surface area contributed by atoms with Gasteiger partial charge in [-0.2, -0.15) is 0 Å². The summed E-state index contributed by atoms with van der Waals surface area (Å²) in [5, 5.41) is 7.60. The highest BCUT2D eigenvalue weighted by Gasteiger charge is 2.42. The Kier molecular flexibility index (Phi) is 3.39. The molecule has 3 nitrogen and oxygen atoms in total. The highest BCUT2D eigenvalue weighted by molar-refractivity contribution is 6.90. The molecule has 9 aromatic rings. The Bertz CT molecular complexity index is 2670. The van der Waals surface area contributed by atoms with Crippen LogP contribution in [0.15, 0.2) is 114 Å². The normalized spacial score (nSPS) is 13.4. The highest BCUT2D eigenvalue weighted by Crippen LogP contribution is 2.46. The summed E-state index contributed by atoms with van der Waals surface area (Å²) in [5.74, 6) is 0. The van der Waals surface area contributed by atoms with Gasteiger partial charge in [0.05, 0.1) is 22.1 Å². The number of aryl methyl sites for hydroxylation is 1. The summed E-state index contributed by atoms with van der Waals surface area (Å²) in [6.07, 6.45) is 0. The first-order valence-electron chi connectivity index (χ1n) is 14.3. The maximum absolute atomic E-state index is 6.63. The van der Waals surface area contributed by atoms with Crippen LogP contribution in [0.2, 0.25) is 0 Å². The number of para-hydroxylation sites is 4. The standard InChI is InChI=1S/C37H21BN2O/c1-20-16-17-29-26(18-20)23-12-7-13-28-36(23)39(29)37-33-25-9-3-5-15-31(25)41-32(33)19-27-24-11-6-10-22-21-8-2-4-14-30(21)40(35(22)24)38(28)34(27)37/h2-19H,1H3. The van der Waals surface area contributed by atoms with Crippen LogP contribution in [0.1, 0.15) is 5.56 Å². The van der Waals surface area contributed by atoms with E-state index in [1.807, 2.05) is 0 Å². The molecule has 0 aliphatic carbocycles. The van der Waals surface area contributed by atoms with E-state index in [0.717, 1.165) is 11.2 Å². The first-order valence-corrected chi connectivity index (χ1v) is 14.3. The number of nitrogens with zero attached hydrogens (tertiary/aromatic N) is 2. The molecule has 0 fully saturated rings. The molecule has 0 spiro atoms. The molecule has 0 atom stereocenters. The fourth-order valence-corrected chi connectivity index (χ4v) is 8.24. The molecule has 0 bridgehead atoms. The summed E-state index contributed by atoms with van der Waals surface area (Å²) in [5.41, 5.74) is 14.8. The van der Waals surface area contributed by atoms with Crippen LogP contribution in [-0.2, 0) is 0 Å². The van der Waals surface area contributed by atoms with Crippen molar-refractivity contribution in [2.45, 2.75) is 6.92 Å².